The van der Waals surface area contributed by atoms with Crippen LogP contribution in [0, 0.1) is 6.92 Å². The maximum Gasteiger partial charge on any atom is 0.269 e. The maximum absolute atomic E-state index is 13.1. The van der Waals surface area contributed by atoms with Crippen molar-refractivity contribution in [2.75, 3.05) is 6.26 Å². The second-order valence-electron chi connectivity index (χ2n) is 7.41. The van der Waals surface area contributed by atoms with Crippen LogP contribution in [-0.2, 0) is 17.1 Å². The fourth-order valence-electron chi connectivity index (χ4n) is 3.72. The van der Waals surface area contributed by atoms with E-state index in [0.717, 1.165) is 28.5 Å². The van der Waals surface area contributed by atoms with Gasteiger partial charge in [-0.25, -0.2) is 32.3 Å². The summed E-state index contributed by atoms with van der Waals surface area (Å²) in [4.78, 5) is 18.3. The van der Waals surface area contributed by atoms with Crippen LogP contribution in [0.4, 0.5) is 0 Å². The van der Waals surface area contributed by atoms with Crippen LogP contribution < -0.4 is 0 Å². The first kappa shape index (κ1) is 21.4. The second-order valence-corrected chi connectivity index (χ2v) is 10.00. The van der Waals surface area contributed by atoms with Gasteiger partial charge in [-0.05, 0) is 43.5 Å². The van der Waals surface area contributed by atoms with Gasteiger partial charge in [0.05, 0.1) is 16.3 Å². The Morgan fingerprint density at radius 3 is 2.55 bits per heavy atom. The number of benzene rings is 1. The Bertz CT molecular complexity index is 1590. The minimum atomic E-state index is -3.75. The summed E-state index contributed by atoms with van der Waals surface area (Å²) >= 11 is 1.47. The van der Waals surface area contributed by atoms with E-state index < -0.39 is 10.0 Å². The summed E-state index contributed by atoms with van der Waals surface area (Å²) in [6.07, 6.45) is 6.86. The molecule has 0 N–H and O–H groups in total. The van der Waals surface area contributed by atoms with Crippen molar-refractivity contribution < 1.29 is 8.42 Å². The Balaban J connectivity index is 1.65. The van der Waals surface area contributed by atoms with Crippen LogP contribution >= 0.6 is 11.8 Å². The molecule has 0 atom stereocenters. The molecule has 8 nitrogen and oxygen atoms in total. The van der Waals surface area contributed by atoms with Gasteiger partial charge in [0.15, 0.2) is 10.8 Å². The lowest BCUT2D eigenvalue weighted by Crippen LogP contribution is -2.12. The summed E-state index contributed by atoms with van der Waals surface area (Å²) < 4.78 is 29.4. The molecule has 166 valence electrons. The summed E-state index contributed by atoms with van der Waals surface area (Å²) in [7, 11) is -1.81. The number of hydrogen-bond donors (Lipinski definition) is 0. The van der Waals surface area contributed by atoms with Crippen LogP contribution in [0.3, 0.4) is 0 Å². The van der Waals surface area contributed by atoms with Crippen LogP contribution in [0.1, 0.15) is 5.82 Å². The Morgan fingerprint density at radius 2 is 1.79 bits per heavy atom. The van der Waals surface area contributed by atoms with Gasteiger partial charge in [0.2, 0.25) is 0 Å². The lowest BCUT2D eigenvalue weighted by Gasteiger charge is -2.09. The van der Waals surface area contributed by atoms with E-state index >= 15 is 0 Å². The molecule has 4 aromatic heterocycles. The third-order valence-corrected chi connectivity index (χ3v) is 7.69. The van der Waals surface area contributed by atoms with E-state index in [0.29, 0.717) is 16.2 Å². The van der Waals surface area contributed by atoms with E-state index in [2.05, 4.69) is 15.0 Å². The van der Waals surface area contributed by atoms with Crippen LogP contribution in [0.25, 0.3) is 33.7 Å². The van der Waals surface area contributed by atoms with Crippen molar-refractivity contribution in [1.29, 1.82) is 0 Å². The van der Waals surface area contributed by atoms with Gasteiger partial charge >= 0.3 is 0 Å². The summed E-state index contributed by atoms with van der Waals surface area (Å²) in [5, 5.41) is 1.38. The lowest BCUT2D eigenvalue weighted by atomic mass is 10.1. The molecule has 10 heteroatoms. The average Bonchev–Trinajstić information content (AvgIpc) is 3.40. The Labute approximate surface area is 195 Å². The molecule has 0 bridgehead atoms. The number of aryl methyl sites for hydroxylation is 1. The average molecular weight is 477 g/mol. The number of pyridine rings is 1. The van der Waals surface area contributed by atoms with Crippen molar-refractivity contribution in [2.24, 2.45) is 7.05 Å². The largest absolute Gasteiger partial charge is 0.331 e. The molecule has 0 saturated carbocycles. The van der Waals surface area contributed by atoms with Crippen molar-refractivity contribution in [3.05, 3.63) is 72.9 Å². The van der Waals surface area contributed by atoms with Crippen molar-refractivity contribution in [1.82, 2.24) is 28.5 Å². The number of aromatic nitrogens is 6. The van der Waals surface area contributed by atoms with Gasteiger partial charge in [-0.15, -0.1) is 0 Å². The number of fused-ring (bicyclic) bond motifs is 1. The molecule has 0 unspecified atom stereocenters. The lowest BCUT2D eigenvalue weighted by molar-refractivity contribution is 0.589. The molecule has 0 amide bonds. The molecular weight excluding hydrogens is 456 g/mol. The predicted octanol–water partition coefficient (Wildman–Crippen LogP) is 4.16. The van der Waals surface area contributed by atoms with E-state index in [1.54, 1.807) is 48.8 Å². The highest BCUT2D eigenvalue weighted by atomic mass is 32.2. The van der Waals surface area contributed by atoms with Crippen LogP contribution in [-0.4, -0.2) is 43.1 Å². The minimum absolute atomic E-state index is 0.214. The number of nitrogens with zero attached hydrogens (tertiary/aromatic N) is 6. The molecule has 0 fully saturated rings. The van der Waals surface area contributed by atoms with Crippen molar-refractivity contribution in [2.45, 2.75) is 17.0 Å². The van der Waals surface area contributed by atoms with Gasteiger partial charge in [0.1, 0.15) is 11.5 Å². The molecule has 0 aliphatic rings. The van der Waals surface area contributed by atoms with Crippen LogP contribution in [0.15, 0.2) is 77.2 Å². The van der Waals surface area contributed by atoms with E-state index in [-0.39, 0.29) is 4.90 Å². The van der Waals surface area contributed by atoms with E-state index in [4.69, 9.17) is 4.98 Å². The topological polar surface area (TPSA) is 95.6 Å². The van der Waals surface area contributed by atoms with Crippen molar-refractivity contribution in [3.63, 3.8) is 0 Å². The van der Waals surface area contributed by atoms with Crippen molar-refractivity contribution >= 4 is 32.8 Å². The third kappa shape index (κ3) is 3.61. The molecule has 0 aliphatic heterocycles. The van der Waals surface area contributed by atoms with E-state index in [1.807, 2.05) is 36.9 Å². The molecule has 33 heavy (non-hydrogen) atoms. The van der Waals surface area contributed by atoms with Gasteiger partial charge in [-0.2, -0.15) is 0 Å². The summed E-state index contributed by atoms with van der Waals surface area (Å²) in [6, 6.07) is 13.8. The second kappa shape index (κ2) is 8.13. The third-order valence-electron chi connectivity index (χ3n) is 5.44. The van der Waals surface area contributed by atoms with E-state index in [1.165, 1.54) is 21.9 Å². The zero-order valence-corrected chi connectivity index (χ0v) is 19.8. The molecule has 5 aromatic rings. The highest BCUT2D eigenvalue weighted by Crippen LogP contribution is 2.33. The molecule has 0 aliphatic carbocycles. The zero-order chi connectivity index (χ0) is 23.2. The number of hydrogen-bond acceptors (Lipinski definition) is 7. The Hall–Kier alpha value is -3.50. The minimum Gasteiger partial charge on any atom is -0.331 e. The summed E-state index contributed by atoms with van der Waals surface area (Å²) in [5.74, 6) is 0.827. The van der Waals surface area contributed by atoms with E-state index in [9.17, 15) is 8.42 Å². The van der Waals surface area contributed by atoms with Gasteiger partial charge in [-0.1, -0.05) is 30.0 Å². The first-order chi connectivity index (χ1) is 15.9. The fourth-order valence-corrected chi connectivity index (χ4v) is 5.41. The summed E-state index contributed by atoms with van der Waals surface area (Å²) in [6.45, 7) is 1.93. The normalized spacial score (nSPS) is 11.8. The van der Waals surface area contributed by atoms with Gasteiger partial charge in [0, 0.05) is 36.6 Å². The molecule has 4 heterocycles. The van der Waals surface area contributed by atoms with Crippen molar-refractivity contribution in [3.8, 4) is 22.6 Å². The number of rotatable bonds is 5. The first-order valence-corrected chi connectivity index (χ1v) is 12.8. The van der Waals surface area contributed by atoms with Crippen LogP contribution in [0.5, 0.6) is 0 Å². The SMILES string of the molecule is CSc1nccc(-c2nc(C)n(C)c2-c2cnc3c(ccn3S(=O)(=O)c3ccccc3)c2)n1. The monoisotopic (exact) mass is 476 g/mol. The van der Waals surface area contributed by atoms with Gasteiger partial charge < -0.3 is 4.57 Å². The molecule has 0 saturated heterocycles. The first-order valence-electron chi connectivity index (χ1n) is 10.1. The highest BCUT2D eigenvalue weighted by Gasteiger charge is 2.22. The molecule has 1 aromatic carbocycles. The molecule has 0 spiro atoms. The fraction of sp³-hybridized carbons (Fsp3) is 0.130. The highest BCUT2D eigenvalue weighted by molar-refractivity contribution is 7.98. The van der Waals surface area contributed by atoms with Gasteiger partial charge in [-0.3, -0.25) is 0 Å². The quantitative estimate of drug-likeness (QED) is 0.278. The smallest absolute Gasteiger partial charge is 0.269 e. The van der Waals surface area contributed by atoms with Crippen LogP contribution in [0.2, 0.25) is 0 Å². The number of imidazole rings is 1. The Morgan fingerprint density at radius 1 is 1.00 bits per heavy atom. The molecule has 5 rings (SSSR count). The molecule has 0 radical (unpaired) electrons. The predicted molar refractivity (Wildman–Crippen MR) is 129 cm³/mol. The van der Waals surface area contributed by atoms with Gasteiger partial charge in [0.25, 0.3) is 10.0 Å². The summed E-state index contributed by atoms with van der Waals surface area (Å²) in [5.41, 5.74) is 3.49. The maximum atomic E-state index is 13.1. The number of thioether (sulfide) groups is 1. The Kier molecular flexibility index (Phi) is 5.26. The standard InChI is InChI=1S/C23H20N6O2S2/c1-15-26-20(19-9-11-24-23(27-19)32-3)21(28(15)2)17-13-16-10-12-29(22(16)25-14-17)33(30,31)18-7-5-4-6-8-18/h4-14H,1-3H3. The molecular formula is C23H20N6O2S2. The zero-order valence-electron chi connectivity index (χ0n) is 18.2.